The highest BCUT2D eigenvalue weighted by Gasteiger charge is 2.27. The van der Waals surface area contributed by atoms with Crippen molar-refractivity contribution in [1.82, 2.24) is 10.2 Å². The van der Waals surface area contributed by atoms with Gasteiger partial charge in [-0.05, 0) is 45.5 Å². The number of hydrogen-bond acceptors (Lipinski definition) is 3. The van der Waals surface area contributed by atoms with E-state index in [1.54, 1.807) is 0 Å². The monoisotopic (exact) mass is 242 g/mol. The van der Waals surface area contributed by atoms with Crippen LogP contribution in [0.2, 0.25) is 0 Å². The Morgan fingerprint density at radius 2 is 2.06 bits per heavy atom. The van der Waals surface area contributed by atoms with Crippen LogP contribution in [0.15, 0.2) is 0 Å². The predicted molar refractivity (Wildman–Crippen MR) is 73.2 cm³/mol. The third-order valence-electron chi connectivity index (χ3n) is 4.29. The minimum atomic E-state index is 0.783. The first kappa shape index (κ1) is 12.7. The Morgan fingerprint density at radius 3 is 2.81 bits per heavy atom. The summed E-state index contributed by atoms with van der Waals surface area (Å²) in [5.74, 6) is 0. The number of likely N-dealkylation sites (tertiary alicyclic amines) is 1. The second-order valence-corrected chi connectivity index (χ2v) is 6.43. The Balaban J connectivity index is 1.73. The maximum Gasteiger partial charge on any atom is 0.0217 e. The van der Waals surface area contributed by atoms with E-state index in [1.807, 2.05) is 0 Å². The highest BCUT2D eigenvalue weighted by atomic mass is 32.2. The van der Waals surface area contributed by atoms with E-state index in [9.17, 15) is 0 Å². The van der Waals surface area contributed by atoms with E-state index in [4.69, 9.17) is 0 Å². The normalized spacial score (nSPS) is 36.8. The summed E-state index contributed by atoms with van der Waals surface area (Å²) in [5, 5.41) is 4.69. The fourth-order valence-electron chi connectivity index (χ4n) is 3.13. The van der Waals surface area contributed by atoms with E-state index in [0.717, 1.165) is 17.3 Å². The van der Waals surface area contributed by atoms with Crippen LogP contribution in [0.25, 0.3) is 0 Å². The maximum atomic E-state index is 3.82. The van der Waals surface area contributed by atoms with Gasteiger partial charge in [-0.3, -0.25) is 0 Å². The summed E-state index contributed by atoms with van der Waals surface area (Å²) >= 11 is 2.05. The van der Waals surface area contributed by atoms with Crippen LogP contribution < -0.4 is 5.32 Å². The topological polar surface area (TPSA) is 15.3 Å². The van der Waals surface area contributed by atoms with Gasteiger partial charge in [0, 0.05) is 23.9 Å². The van der Waals surface area contributed by atoms with Crippen molar-refractivity contribution in [2.24, 2.45) is 0 Å². The molecule has 0 spiro atoms. The highest BCUT2D eigenvalue weighted by Crippen LogP contribution is 2.28. The van der Waals surface area contributed by atoms with Gasteiger partial charge in [0.2, 0.25) is 0 Å². The van der Waals surface area contributed by atoms with E-state index in [-0.39, 0.29) is 0 Å². The lowest BCUT2D eigenvalue weighted by Gasteiger charge is -2.34. The molecule has 1 heterocycles. The molecule has 0 aromatic heterocycles. The first-order chi connectivity index (χ1) is 7.81. The lowest BCUT2D eigenvalue weighted by atomic mass is 10.0. The number of hydrogen-bond donors (Lipinski definition) is 1. The van der Waals surface area contributed by atoms with Gasteiger partial charge in [0.25, 0.3) is 0 Å². The Labute approximate surface area is 105 Å². The standard InChI is InChI=1S/C13H26N2S/c1-15-9-4-3-6-11(15)10-14-12-7-5-8-13(12)16-2/h11-14H,3-10H2,1-2H3. The zero-order valence-corrected chi connectivity index (χ0v) is 11.6. The van der Waals surface area contributed by atoms with Gasteiger partial charge in [-0.1, -0.05) is 12.8 Å². The zero-order valence-electron chi connectivity index (χ0n) is 10.7. The molecule has 0 aromatic carbocycles. The van der Waals surface area contributed by atoms with Crippen molar-refractivity contribution in [3.63, 3.8) is 0 Å². The molecule has 2 nitrogen and oxygen atoms in total. The number of thioether (sulfide) groups is 1. The molecular formula is C13H26N2S. The summed E-state index contributed by atoms with van der Waals surface area (Å²) < 4.78 is 0. The Bertz CT molecular complexity index is 208. The molecule has 1 aliphatic heterocycles. The molecule has 2 rings (SSSR count). The first-order valence-electron chi connectivity index (χ1n) is 6.77. The number of nitrogens with one attached hydrogen (secondary N) is 1. The van der Waals surface area contributed by atoms with Crippen LogP contribution in [-0.2, 0) is 0 Å². The number of likely N-dealkylation sites (N-methyl/N-ethyl adjacent to an activating group) is 1. The summed E-state index contributed by atoms with van der Waals surface area (Å²) in [6, 6.07) is 1.57. The molecule has 2 aliphatic rings. The average Bonchev–Trinajstić information content (AvgIpc) is 2.75. The van der Waals surface area contributed by atoms with Gasteiger partial charge in [0.05, 0.1) is 0 Å². The fourth-order valence-corrected chi connectivity index (χ4v) is 4.09. The van der Waals surface area contributed by atoms with Crippen LogP contribution in [0.1, 0.15) is 38.5 Å². The molecule has 0 aromatic rings. The minimum absolute atomic E-state index is 0.783. The molecule has 3 unspecified atom stereocenters. The van der Waals surface area contributed by atoms with E-state index < -0.39 is 0 Å². The number of nitrogens with zero attached hydrogens (tertiary/aromatic N) is 1. The lowest BCUT2D eigenvalue weighted by Crippen LogP contribution is -2.46. The SMILES string of the molecule is CSC1CCCC1NCC1CCCCN1C. The predicted octanol–water partition coefficient (Wildman–Crippen LogP) is 2.34. The molecule has 2 fully saturated rings. The summed E-state index contributed by atoms with van der Waals surface area (Å²) in [5.41, 5.74) is 0. The molecule has 1 aliphatic carbocycles. The van der Waals surface area contributed by atoms with Gasteiger partial charge in [-0.2, -0.15) is 11.8 Å². The van der Waals surface area contributed by atoms with E-state index in [1.165, 1.54) is 51.6 Å². The van der Waals surface area contributed by atoms with Gasteiger partial charge in [-0.25, -0.2) is 0 Å². The second-order valence-electron chi connectivity index (χ2n) is 5.35. The summed E-state index contributed by atoms with van der Waals surface area (Å²) in [6.45, 7) is 2.50. The number of rotatable bonds is 4. The van der Waals surface area contributed by atoms with Crippen molar-refractivity contribution >= 4 is 11.8 Å². The third-order valence-corrected chi connectivity index (χ3v) is 5.46. The van der Waals surface area contributed by atoms with E-state index in [2.05, 4.69) is 35.3 Å². The Morgan fingerprint density at radius 1 is 1.19 bits per heavy atom. The van der Waals surface area contributed by atoms with Gasteiger partial charge < -0.3 is 10.2 Å². The molecule has 94 valence electrons. The quantitative estimate of drug-likeness (QED) is 0.814. The van der Waals surface area contributed by atoms with Gasteiger partial charge >= 0.3 is 0 Å². The fraction of sp³-hybridized carbons (Fsp3) is 1.00. The second kappa shape index (κ2) is 6.27. The first-order valence-corrected chi connectivity index (χ1v) is 8.06. The van der Waals surface area contributed by atoms with Crippen LogP contribution in [0.3, 0.4) is 0 Å². The van der Waals surface area contributed by atoms with Gasteiger partial charge in [0.1, 0.15) is 0 Å². The van der Waals surface area contributed by atoms with Crippen molar-refractivity contribution in [3.05, 3.63) is 0 Å². The van der Waals surface area contributed by atoms with Crippen molar-refractivity contribution in [3.8, 4) is 0 Å². The van der Waals surface area contributed by atoms with Crippen molar-refractivity contribution in [2.45, 2.75) is 55.9 Å². The van der Waals surface area contributed by atoms with Gasteiger partial charge in [0.15, 0.2) is 0 Å². The molecule has 3 atom stereocenters. The maximum absolute atomic E-state index is 3.82. The smallest absolute Gasteiger partial charge is 0.0217 e. The largest absolute Gasteiger partial charge is 0.311 e. The summed E-state index contributed by atoms with van der Waals surface area (Å²) in [7, 11) is 2.28. The molecule has 0 radical (unpaired) electrons. The third kappa shape index (κ3) is 3.14. The van der Waals surface area contributed by atoms with Crippen molar-refractivity contribution < 1.29 is 0 Å². The van der Waals surface area contributed by atoms with Crippen LogP contribution in [-0.4, -0.2) is 48.6 Å². The van der Waals surface area contributed by atoms with Crippen LogP contribution >= 0.6 is 11.8 Å². The molecule has 1 saturated carbocycles. The van der Waals surface area contributed by atoms with E-state index >= 15 is 0 Å². The lowest BCUT2D eigenvalue weighted by molar-refractivity contribution is 0.178. The molecule has 3 heteroatoms. The minimum Gasteiger partial charge on any atom is -0.311 e. The van der Waals surface area contributed by atoms with Crippen molar-refractivity contribution in [2.75, 3.05) is 26.4 Å². The Hall–Kier alpha value is 0.270. The molecule has 1 saturated heterocycles. The van der Waals surface area contributed by atoms with Crippen LogP contribution in [0.4, 0.5) is 0 Å². The zero-order chi connectivity index (χ0) is 11.4. The Kier molecular flexibility index (Phi) is 4.98. The molecular weight excluding hydrogens is 216 g/mol. The molecule has 0 bridgehead atoms. The van der Waals surface area contributed by atoms with Crippen LogP contribution in [0.5, 0.6) is 0 Å². The number of piperidine rings is 1. The highest BCUT2D eigenvalue weighted by molar-refractivity contribution is 7.99. The van der Waals surface area contributed by atoms with E-state index in [0.29, 0.717) is 0 Å². The van der Waals surface area contributed by atoms with Crippen LogP contribution in [0, 0.1) is 0 Å². The summed E-state index contributed by atoms with van der Waals surface area (Å²) in [6.07, 6.45) is 10.7. The molecule has 1 N–H and O–H groups in total. The summed E-state index contributed by atoms with van der Waals surface area (Å²) in [4.78, 5) is 2.54. The van der Waals surface area contributed by atoms with Gasteiger partial charge in [-0.15, -0.1) is 0 Å². The molecule has 0 amide bonds. The van der Waals surface area contributed by atoms with Crippen molar-refractivity contribution in [1.29, 1.82) is 0 Å². The molecule has 16 heavy (non-hydrogen) atoms. The average molecular weight is 242 g/mol.